The van der Waals surface area contributed by atoms with Crippen molar-refractivity contribution < 1.29 is 9.47 Å². The van der Waals surface area contributed by atoms with E-state index in [0.29, 0.717) is 13.1 Å². The number of halogens is 1. The predicted octanol–water partition coefficient (Wildman–Crippen LogP) is 3.52. The summed E-state index contributed by atoms with van der Waals surface area (Å²) in [6.45, 7) is 1.22. The van der Waals surface area contributed by atoms with Crippen LogP contribution in [0, 0.1) is 0 Å². The van der Waals surface area contributed by atoms with Gasteiger partial charge in [0.1, 0.15) is 23.6 Å². The van der Waals surface area contributed by atoms with Gasteiger partial charge in [-0.25, -0.2) is 9.88 Å². The molecular formula is C24H28ClN5O2. The van der Waals surface area contributed by atoms with Gasteiger partial charge in [-0.15, -0.1) is 0 Å². The number of methoxy groups -OCH3 is 2. The highest BCUT2D eigenvalue weighted by molar-refractivity contribution is 6.30. The van der Waals surface area contributed by atoms with Crippen LogP contribution in [0.5, 0.6) is 11.5 Å². The second kappa shape index (κ2) is 9.75. The lowest BCUT2D eigenvalue weighted by Crippen LogP contribution is -2.60. The Labute approximate surface area is 193 Å². The van der Waals surface area contributed by atoms with Crippen LogP contribution in [-0.2, 0) is 13.0 Å². The standard InChI is InChI=1S/C24H28ClN5O2/c1-31-19-12-17(13-20(14-19)32-2)15-30-22(26)21-4-3-10-28-23(21)29(24(30)27)11-9-16-5-7-18(25)8-6-16/h3-8,10,12-14,22,24H,9,11,15,26-27H2,1-2H3. The fraction of sp³-hybridized carbons (Fsp3) is 0.292. The summed E-state index contributed by atoms with van der Waals surface area (Å²) in [4.78, 5) is 8.76. The second-order valence-electron chi connectivity index (χ2n) is 7.74. The van der Waals surface area contributed by atoms with Crippen molar-refractivity contribution in [3.8, 4) is 11.5 Å². The zero-order chi connectivity index (χ0) is 22.7. The van der Waals surface area contributed by atoms with Crippen molar-refractivity contribution in [2.24, 2.45) is 11.5 Å². The highest BCUT2D eigenvalue weighted by Crippen LogP contribution is 2.35. The lowest BCUT2D eigenvalue weighted by Gasteiger charge is -2.46. The number of rotatable bonds is 7. The number of benzene rings is 2. The van der Waals surface area contributed by atoms with Crippen molar-refractivity contribution in [1.29, 1.82) is 0 Å². The minimum absolute atomic E-state index is 0.391. The molecule has 32 heavy (non-hydrogen) atoms. The Hall–Kier alpha value is -2.84. The van der Waals surface area contributed by atoms with Crippen molar-refractivity contribution in [3.63, 3.8) is 0 Å². The van der Waals surface area contributed by atoms with Crippen LogP contribution in [0.1, 0.15) is 22.9 Å². The van der Waals surface area contributed by atoms with Gasteiger partial charge in [0, 0.05) is 35.9 Å². The Balaban J connectivity index is 1.62. The molecule has 0 bridgehead atoms. The van der Waals surface area contributed by atoms with Gasteiger partial charge in [0.2, 0.25) is 0 Å². The van der Waals surface area contributed by atoms with E-state index in [1.54, 1.807) is 20.4 Å². The zero-order valence-corrected chi connectivity index (χ0v) is 19.0. The van der Waals surface area contributed by atoms with Crippen LogP contribution < -0.4 is 25.8 Å². The third-order valence-electron chi connectivity index (χ3n) is 5.76. The smallest absolute Gasteiger partial charge is 0.137 e. The Bertz CT molecular complexity index is 1040. The predicted molar refractivity (Wildman–Crippen MR) is 127 cm³/mol. The molecule has 2 aromatic carbocycles. The SMILES string of the molecule is COc1cc(CN2C(N)c3cccnc3N(CCc3ccc(Cl)cc3)C2N)cc(OC)c1. The third kappa shape index (κ3) is 4.66. The maximum atomic E-state index is 6.75. The van der Waals surface area contributed by atoms with Gasteiger partial charge in [-0.05, 0) is 47.9 Å². The molecule has 4 rings (SSSR count). The Morgan fingerprint density at radius 2 is 1.66 bits per heavy atom. The van der Waals surface area contributed by atoms with Gasteiger partial charge < -0.3 is 20.1 Å². The number of nitrogens with two attached hydrogens (primary N) is 2. The van der Waals surface area contributed by atoms with Gasteiger partial charge in [-0.3, -0.25) is 5.73 Å². The monoisotopic (exact) mass is 453 g/mol. The van der Waals surface area contributed by atoms with Crippen LogP contribution >= 0.6 is 11.6 Å². The van der Waals surface area contributed by atoms with E-state index in [-0.39, 0.29) is 0 Å². The molecule has 1 aliphatic rings. The van der Waals surface area contributed by atoms with Crippen LogP contribution in [0.4, 0.5) is 5.82 Å². The van der Waals surface area contributed by atoms with Gasteiger partial charge in [0.15, 0.2) is 0 Å². The van der Waals surface area contributed by atoms with Gasteiger partial charge in [0.05, 0.1) is 20.4 Å². The maximum absolute atomic E-state index is 6.75. The summed E-state index contributed by atoms with van der Waals surface area (Å²) in [7, 11) is 3.27. The van der Waals surface area contributed by atoms with Crippen LogP contribution in [0.3, 0.4) is 0 Å². The molecule has 0 amide bonds. The summed E-state index contributed by atoms with van der Waals surface area (Å²) < 4.78 is 10.8. The van der Waals surface area contributed by atoms with E-state index < -0.39 is 12.5 Å². The van der Waals surface area contributed by atoms with E-state index in [0.717, 1.165) is 39.9 Å². The van der Waals surface area contributed by atoms with Crippen LogP contribution in [0.2, 0.25) is 5.02 Å². The first-order valence-electron chi connectivity index (χ1n) is 10.4. The fourth-order valence-electron chi connectivity index (χ4n) is 4.03. The summed E-state index contributed by atoms with van der Waals surface area (Å²) >= 11 is 6.03. The highest BCUT2D eigenvalue weighted by atomic mass is 35.5. The summed E-state index contributed by atoms with van der Waals surface area (Å²) in [6.07, 6.45) is 1.74. The molecule has 2 atom stereocenters. The largest absolute Gasteiger partial charge is 0.497 e. The molecule has 0 aliphatic carbocycles. The number of aromatic nitrogens is 1. The molecule has 0 fully saturated rings. The molecule has 1 aromatic heterocycles. The van der Waals surface area contributed by atoms with E-state index in [4.69, 9.17) is 32.5 Å². The van der Waals surface area contributed by atoms with E-state index in [1.165, 1.54) is 5.56 Å². The molecule has 1 aliphatic heterocycles. The molecule has 8 heteroatoms. The van der Waals surface area contributed by atoms with E-state index in [1.807, 2.05) is 54.6 Å². The molecule has 2 unspecified atom stereocenters. The molecular weight excluding hydrogens is 426 g/mol. The lowest BCUT2D eigenvalue weighted by molar-refractivity contribution is 0.112. The lowest BCUT2D eigenvalue weighted by atomic mass is 10.1. The van der Waals surface area contributed by atoms with Gasteiger partial charge in [-0.2, -0.15) is 0 Å². The number of nitrogens with zero attached hydrogens (tertiary/aromatic N) is 3. The number of pyridine rings is 1. The minimum Gasteiger partial charge on any atom is -0.497 e. The second-order valence-corrected chi connectivity index (χ2v) is 8.17. The van der Waals surface area contributed by atoms with Gasteiger partial charge in [-0.1, -0.05) is 29.8 Å². The topological polar surface area (TPSA) is 89.9 Å². The average Bonchev–Trinajstić information content (AvgIpc) is 2.82. The van der Waals surface area contributed by atoms with Crippen molar-refractivity contribution in [2.45, 2.75) is 25.4 Å². The highest BCUT2D eigenvalue weighted by Gasteiger charge is 2.36. The summed E-state index contributed by atoms with van der Waals surface area (Å²) in [6, 6.07) is 17.6. The molecule has 3 aromatic rings. The molecule has 0 saturated heterocycles. The van der Waals surface area contributed by atoms with E-state index in [9.17, 15) is 0 Å². The molecule has 4 N–H and O–H groups in total. The van der Waals surface area contributed by atoms with Crippen LogP contribution in [0.25, 0.3) is 0 Å². The fourth-order valence-corrected chi connectivity index (χ4v) is 4.15. The van der Waals surface area contributed by atoms with Gasteiger partial charge >= 0.3 is 0 Å². The first-order valence-corrected chi connectivity index (χ1v) is 10.8. The summed E-state index contributed by atoms with van der Waals surface area (Å²) in [5, 5.41) is 0.723. The minimum atomic E-state index is -0.447. The van der Waals surface area contributed by atoms with E-state index in [2.05, 4.69) is 14.8 Å². The van der Waals surface area contributed by atoms with E-state index >= 15 is 0 Å². The third-order valence-corrected chi connectivity index (χ3v) is 6.01. The maximum Gasteiger partial charge on any atom is 0.137 e. The number of hydrogen-bond acceptors (Lipinski definition) is 7. The molecule has 168 valence electrons. The van der Waals surface area contributed by atoms with Gasteiger partial charge in [0.25, 0.3) is 0 Å². The van der Waals surface area contributed by atoms with Crippen molar-refractivity contribution in [2.75, 3.05) is 25.7 Å². The normalized spacial score (nSPS) is 18.3. The molecule has 7 nitrogen and oxygen atoms in total. The Kier molecular flexibility index (Phi) is 6.81. The first kappa shape index (κ1) is 22.4. The molecule has 0 saturated carbocycles. The zero-order valence-electron chi connectivity index (χ0n) is 18.2. The molecule has 2 heterocycles. The summed E-state index contributed by atoms with van der Waals surface area (Å²) in [5.41, 5.74) is 16.5. The Morgan fingerprint density at radius 3 is 2.31 bits per heavy atom. The number of anilines is 1. The number of hydrogen-bond donors (Lipinski definition) is 2. The molecule has 0 radical (unpaired) electrons. The van der Waals surface area contributed by atoms with Crippen LogP contribution in [-0.4, -0.2) is 36.9 Å². The average molecular weight is 454 g/mol. The van der Waals surface area contributed by atoms with Crippen molar-refractivity contribution in [3.05, 3.63) is 82.5 Å². The van der Waals surface area contributed by atoms with Crippen molar-refractivity contribution >= 4 is 17.4 Å². The number of ether oxygens (including phenoxy) is 2. The van der Waals surface area contributed by atoms with Crippen LogP contribution in [0.15, 0.2) is 60.8 Å². The molecule has 0 spiro atoms. The Morgan fingerprint density at radius 1 is 0.969 bits per heavy atom. The summed E-state index contributed by atoms with van der Waals surface area (Å²) in [5.74, 6) is 2.27. The first-order chi connectivity index (χ1) is 15.5. The number of fused-ring (bicyclic) bond motifs is 1. The van der Waals surface area contributed by atoms with Crippen molar-refractivity contribution in [1.82, 2.24) is 9.88 Å². The quantitative estimate of drug-likeness (QED) is 0.565.